The highest BCUT2D eigenvalue weighted by molar-refractivity contribution is 5.98. The summed E-state index contributed by atoms with van der Waals surface area (Å²) in [5, 5.41) is 9.24. The third-order valence-electron chi connectivity index (χ3n) is 3.86. The minimum Gasteiger partial charge on any atom is -0.389 e. The number of halogens is 3. The lowest BCUT2D eigenvalue weighted by molar-refractivity contribution is -0.147. The van der Waals surface area contributed by atoms with Gasteiger partial charge in [-0.2, -0.15) is 13.2 Å². The average Bonchev–Trinajstić information content (AvgIpc) is 2.81. The van der Waals surface area contributed by atoms with E-state index in [4.69, 9.17) is 0 Å². The molecule has 124 valence electrons. The molecule has 1 aliphatic rings. The van der Waals surface area contributed by atoms with Gasteiger partial charge in [-0.3, -0.25) is 4.79 Å². The van der Waals surface area contributed by atoms with Crippen molar-refractivity contribution >= 4 is 16.9 Å². The van der Waals surface area contributed by atoms with E-state index in [1.165, 1.54) is 23.1 Å². The predicted octanol–water partition coefficient (Wildman–Crippen LogP) is 2.45. The Morgan fingerprint density at radius 2 is 2.00 bits per heavy atom. The van der Waals surface area contributed by atoms with Gasteiger partial charge in [0, 0.05) is 24.7 Å². The zero-order chi connectivity index (χ0) is 16.9. The molecular formula is C15H16F3N3O2. The van der Waals surface area contributed by atoms with Crippen LogP contribution in [0.4, 0.5) is 13.2 Å². The molecule has 1 saturated heterocycles. The molecule has 0 saturated carbocycles. The van der Waals surface area contributed by atoms with Gasteiger partial charge in [0.05, 0.1) is 17.1 Å². The highest BCUT2D eigenvalue weighted by Gasteiger charge is 2.38. The van der Waals surface area contributed by atoms with Gasteiger partial charge in [-0.05, 0) is 32.0 Å². The van der Waals surface area contributed by atoms with E-state index < -0.39 is 24.1 Å². The van der Waals surface area contributed by atoms with Gasteiger partial charge in [-0.1, -0.05) is 0 Å². The first-order chi connectivity index (χ1) is 10.7. The first-order valence-electron chi connectivity index (χ1n) is 7.25. The van der Waals surface area contributed by atoms with Crippen LogP contribution in [0.1, 0.15) is 36.1 Å². The zero-order valence-corrected chi connectivity index (χ0v) is 12.6. The number of aromatic nitrogens is 2. The Labute approximate surface area is 130 Å². The van der Waals surface area contributed by atoms with Crippen LogP contribution in [0.5, 0.6) is 0 Å². The number of β-amino-alcohol motifs (C(OH)–C–C–N with tert-alkyl or cyclic N) is 1. The fourth-order valence-corrected chi connectivity index (χ4v) is 2.76. The van der Waals surface area contributed by atoms with Crippen LogP contribution in [0, 0.1) is 0 Å². The lowest BCUT2D eigenvalue weighted by Gasteiger charge is -2.35. The van der Waals surface area contributed by atoms with Crippen LogP contribution in [0.15, 0.2) is 18.2 Å². The molecule has 1 aromatic heterocycles. The van der Waals surface area contributed by atoms with Crippen LogP contribution in [-0.2, 0) is 6.18 Å². The maximum atomic E-state index is 13.2. The van der Waals surface area contributed by atoms with Crippen molar-refractivity contribution in [1.82, 2.24) is 14.5 Å². The summed E-state index contributed by atoms with van der Waals surface area (Å²) >= 11 is 0. The van der Waals surface area contributed by atoms with E-state index >= 15 is 0 Å². The van der Waals surface area contributed by atoms with Crippen molar-refractivity contribution in [2.24, 2.45) is 0 Å². The van der Waals surface area contributed by atoms with Crippen LogP contribution in [-0.4, -0.2) is 44.7 Å². The van der Waals surface area contributed by atoms with Gasteiger partial charge >= 0.3 is 6.18 Å². The SMILES string of the molecule is CC(C)n1c(C(F)(F)F)nc2cc(C(=O)N3CC(O)C3)ccc21. The van der Waals surface area contributed by atoms with E-state index in [9.17, 15) is 23.1 Å². The second-order valence-corrected chi connectivity index (χ2v) is 5.96. The van der Waals surface area contributed by atoms with Crippen LogP contribution < -0.4 is 0 Å². The lowest BCUT2D eigenvalue weighted by atomic mass is 10.1. The number of imidazole rings is 1. The van der Waals surface area contributed by atoms with E-state index in [1.807, 2.05) is 0 Å². The smallest absolute Gasteiger partial charge is 0.389 e. The summed E-state index contributed by atoms with van der Waals surface area (Å²) in [6, 6.07) is 3.94. The largest absolute Gasteiger partial charge is 0.449 e. The van der Waals surface area contributed by atoms with E-state index in [0.717, 1.165) is 4.57 Å². The third kappa shape index (κ3) is 2.67. The summed E-state index contributed by atoms with van der Waals surface area (Å²) in [6.45, 7) is 3.78. The number of carbonyl (C=O) groups excluding carboxylic acids is 1. The molecule has 1 fully saturated rings. The molecule has 3 rings (SSSR count). The highest BCUT2D eigenvalue weighted by Crippen LogP contribution is 2.34. The Balaban J connectivity index is 2.05. The summed E-state index contributed by atoms with van der Waals surface area (Å²) in [5.74, 6) is -1.28. The number of fused-ring (bicyclic) bond motifs is 1. The van der Waals surface area contributed by atoms with Crippen molar-refractivity contribution < 1.29 is 23.1 Å². The molecule has 2 heterocycles. The van der Waals surface area contributed by atoms with Gasteiger partial charge < -0.3 is 14.6 Å². The van der Waals surface area contributed by atoms with Crippen molar-refractivity contribution in [3.05, 3.63) is 29.6 Å². The Morgan fingerprint density at radius 3 is 2.52 bits per heavy atom. The van der Waals surface area contributed by atoms with Gasteiger partial charge in [0.15, 0.2) is 0 Å². The number of aliphatic hydroxyl groups is 1. The number of alkyl halides is 3. The minimum atomic E-state index is -4.56. The Kier molecular flexibility index (Phi) is 3.59. The van der Waals surface area contributed by atoms with Gasteiger partial charge in [0.1, 0.15) is 0 Å². The average molecular weight is 327 g/mol. The molecule has 0 spiro atoms. The summed E-state index contributed by atoms with van der Waals surface area (Å²) in [6.07, 6.45) is -5.09. The topological polar surface area (TPSA) is 58.4 Å². The van der Waals surface area contributed by atoms with E-state index in [0.29, 0.717) is 5.52 Å². The molecule has 0 aliphatic carbocycles. The Hall–Kier alpha value is -2.09. The van der Waals surface area contributed by atoms with Crippen LogP contribution >= 0.6 is 0 Å². The second kappa shape index (κ2) is 5.23. The van der Waals surface area contributed by atoms with Crippen molar-refractivity contribution in [2.75, 3.05) is 13.1 Å². The van der Waals surface area contributed by atoms with Crippen molar-refractivity contribution in [3.63, 3.8) is 0 Å². The van der Waals surface area contributed by atoms with Gasteiger partial charge in [-0.25, -0.2) is 4.98 Å². The molecule has 2 aromatic rings. The monoisotopic (exact) mass is 327 g/mol. The normalized spacial score (nSPS) is 16.2. The van der Waals surface area contributed by atoms with Gasteiger partial charge in [0.25, 0.3) is 5.91 Å². The molecule has 1 aromatic carbocycles. The molecular weight excluding hydrogens is 311 g/mol. The molecule has 1 aliphatic heterocycles. The molecule has 0 bridgehead atoms. The first-order valence-corrected chi connectivity index (χ1v) is 7.25. The van der Waals surface area contributed by atoms with E-state index in [1.54, 1.807) is 13.8 Å². The Bertz CT molecular complexity index is 761. The van der Waals surface area contributed by atoms with E-state index in [-0.39, 0.29) is 30.1 Å². The summed E-state index contributed by atoms with van der Waals surface area (Å²) < 4.78 is 40.6. The van der Waals surface area contributed by atoms with Crippen molar-refractivity contribution in [1.29, 1.82) is 0 Å². The van der Waals surface area contributed by atoms with Crippen molar-refractivity contribution in [3.8, 4) is 0 Å². The number of amides is 1. The number of likely N-dealkylation sites (tertiary alicyclic amines) is 1. The first kappa shape index (κ1) is 15.8. The summed E-state index contributed by atoms with van der Waals surface area (Å²) in [7, 11) is 0. The van der Waals surface area contributed by atoms with E-state index in [2.05, 4.69) is 4.98 Å². The molecule has 0 unspecified atom stereocenters. The maximum Gasteiger partial charge on any atom is 0.449 e. The quantitative estimate of drug-likeness (QED) is 0.922. The molecule has 0 radical (unpaired) electrons. The fraction of sp³-hybridized carbons (Fsp3) is 0.467. The number of rotatable bonds is 2. The predicted molar refractivity (Wildman–Crippen MR) is 77.0 cm³/mol. The number of hydrogen-bond acceptors (Lipinski definition) is 3. The van der Waals surface area contributed by atoms with Crippen LogP contribution in [0.3, 0.4) is 0 Å². The number of carbonyl (C=O) groups is 1. The van der Waals surface area contributed by atoms with Crippen LogP contribution in [0.2, 0.25) is 0 Å². The zero-order valence-electron chi connectivity index (χ0n) is 12.6. The maximum absolute atomic E-state index is 13.2. The van der Waals surface area contributed by atoms with Gasteiger partial charge in [0.2, 0.25) is 5.82 Å². The summed E-state index contributed by atoms with van der Waals surface area (Å²) in [4.78, 5) is 17.3. The standard InChI is InChI=1S/C15H16F3N3O2/c1-8(2)21-12-4-3-9(13(23)20-6-10(22)7-20)5-11(12)19-14(21)15(16,17)18/h3-5,8,10,22H,6-7H2,1-2H3. The Morgan fingerprint density at radius 1 is 1.35 bits per heavy atom. The molecule has 1 amide bonds. The number of nitrogens with zero attached hydrogens (tertiary/aromatic N) is 3. The summed E-state index contributed by atoms with van der Waals surface area (Å²) in [5.41, 5.74) is 0.747. The van der Waals surface area contributed by atoms with Gasteiger partial charge in [-0.15, -0.1) is 0 Å². The molecule has 0 atom stereocenters. The van der Waals surface area contributed by atoms with Crippen molar-refractivity contribution in [2.45, 2.75) is 32.2 Å². The highest BCUT2D eigenvalue weighted by atomic mass is 19.4. The number of hydrogen-bond donors (Lipinski definition) is 1. The molecule has 23 heavy (non-hydrogen) atoms. The molecule has 8 heteroatoms. The number of benzene rings is 1. The molecule has 5 nitrogen and oxygen atoms in total. The van der Waals surface area contributed by atoms with Crippen LogP contribution in [0.25, 0.3) is 11.0 Å². The second-order valence-electron chi connectivity index (χ2n) is 5.96. The minimum absolute atomic E-state index is 0.137. The fourth-order valence-electron chi connectivity index (χ4n) is 2.76. The third-order valence-corrected chi connectivity index (χ3v) is 3.86. The lowest BCUT2D eigenvalue weighted by Crippen LogP contribution is -2.53. The number of aliphatic hydroxyl groups excluding tert-OH is 1. The molecule has 1 N–H and O–H groups in total.